The number of carbonyl (C=O) groups is 5. The molecule has 0 saturated carbocycles. The molecule has 4 aromatic carbocycles. The fourth-order valence-electron chi connectivity index (χ4n) is 10.1. The minimum atomic E-state index is -3.41. The number of amides is 4. The van der Waals surface area contributed by atoms with E-state index in [0.717, 1.165) is 33.7 Å². The Labute approximate surface area is 435 Å². The minimum absolute atomic E-state index is 0.0173. The summed E-state index contributed by atoms with van der Waals surface area (Å²) in [7, 11) is -1.76. The van der Waals surface area contributed by atoms with Crippen molar-refractivity contribution in [1.82, 2.24) is 20.1 Å². The van der Waals surface area contributed by atoms with E-state index in [1.54, 1.807) is 44.5 Å². The second-order valence-electron chi connectivity index (χ2n) is 21.3. The highest BCUT2D eigenvalue weighted by Crippen LogP contribution is 2.48. The molecular weight excluding hydrogens is 961 g/mol. The molecular formula is C56H72N8O9S. The van der Waals surface area contributed by atoms with Crippen LogP contribution in [0, 0.1) is 11.3 Å². The molecule has 1 spiro atoms. The molecule has 4 aromatic rings. The van der Waals surface area contributed by atoms with Crippen LogP contribution < -0.4 is 21.1 Å². The molecule has 2 saturated heterocycles. The van der Waals surface area contributed by atoms with Gasteiger partial charge >= 0.3 is 0 Å². The maximum atomic E-state index is 13.8. The molecule has 18 heteroatoms. The highest BCUT2D eigenvalue weighted by molar-refractivity contribution is 7.92. The Morgan fingerprint density at radius 3 is 1.81 bits per heavy atom. The van der Waals surface area contributed by atoms with E-state index in [4.69, 9.17) is 20.9 Å². The number of carbonyl (C=O) groups excluding carboxylic acids is 5. The first-order valence-corrected chi connectivity index (χ1v) is 27.1. The van der Waals surface area contributed by atoms with Crippen molar-refractivity contribution in [3.8, 4) is 0 Å². The minimum Gasteiger partial charge on any atom is -0.376 e. The smallest absolute Gasteiger partial charge is 0.256 e. The van der Waals surface area contributed by atoms with Crippen molar-refractivity contribution < 1.29 is 41.9 Å². The predicted molar refractivity (Wildman–Crippen MR) is 284 cm³/mol. The number of nitrogens with two attached hydrogens (primary N) is 2. The van der Waals surface area contributed by atoms with Gasteiger partial charge in [-0.1, -0.05) is 109 Å². The van der Waals surface area contributed by atoms with E-state index in [1.165, 1.54) is 15.6 Å². The van der Waals surface area contributed by atoms with Crippen LogP contribution in [0.5, 0.6) is 0 Å². The van der Waals surface area contributed by atoms with E-state index >= 15 is 0 Å². The van der Waals surface area contributed by atoms with Crippen molar-refractivity contribution in [3.63, 3.8) is 0 Å². The van der Waals surface area contributed by atoms with Gasteiger partial charge in [0.2, 0.25) is 27.7 Å². The number of benzene rings is 4. The standard InChI is InChI=1S/C28H35N5O4.C28H37N3O5S/c1-27(2,29)25(35)30-22(18-37-17-21-12-8-5-9-13-21)24(34)33-15-14-23-28(19-33,26(36)32(3)31-23)16-20-10-6-4-7-11-20;1-27(2,29)25(32)17-22(19-36-18-21-9-5-4-6-10-21)26(33)30-15-13-28(14-16-30)20-31(37(3,34)35)24-12-8-7-11-23(24)28/h4-13,22H,14-19,29H2,1-3H3,(H,30,35);4-12,22H,13-20,29H2,1-3H3/t22-,28-;/m1./s1. The van der Waals surface area contributed by atoms with Crippen molar-refractivity contribution in [3.05, 3.63) is 138 Å². The topological polar surface area (TPSA) is 227 Å². The number of para-hydroxylation sites is 1. The number of piperidine rings is 2. The molecule has 0 aliphatic carbocycles. The lowest BCUT2D eigenvalue weighted by atomic mass is 9.73. The van der Waals surface area contributed by atoms with E-state index < -0.39 is 44.4 Å². The number of hydrogen-bond donors (Lipinski definition) is 3. The summed E-state index contributed by atoms with van der Waals surface area (Å²) in [5, 5.41) is 8.67. The molecule has 0 bridgehead atoms. The molecule has 8 rings (SSSR count). The molecule has 17 nitrogen and oxygen atoms in total. The summed E-state index contributed by atoms with van der Waals surface area (Å²) in [6.07, 6.45) is 3.46. The Kier molecular flexibility index (Phi) is 17.3. The third-order valence-electron chi connectivity index (χ3n) is 14.4. The molecule has 4 aliphatic heterocycles. The summed E-state index contributed by atoms with van der Waals surface area (Å²) in [6.45, 7) is 9.16. The molecule has 4 amide bonds. The lowest BCUT2D eigenvalue weighted by Gasteiger charge is -2.41. The van der Waals surface area contributed by atoms with Gasteiger partial charge in [-0.2, -0.15) is 5.10 Å². The summed E-state index contributed by atoms with van der Waals surface area (Å²) in [6, 6.07) is 35.7. The van der Waals surface area contributed by atoms with Crippen molar-refractivity contribution >= 4 is 50.8 Å². The number of anilines is 1. The van der Waals surface area contributed by atoms with Gasteiger partial charge in [0.15, 0.2) is 5.78 Å². The Bertz CT molecular complexity index is 2780. The fourth-order valence-corrected chi connectivity index (χ4v) is 11.1. The zero-order valence-corrected chi connectivity index (χ0v) is 44.3. The number of Topliss-reactive ketones (excluding diaryl/α,β-unsaturated/α-hetero) is 1. The van der Waals surface area contributed by atoms with E-state index in [0.29, 0.717) is 65.1 Å². The van der Waals surface area contributed by atoms with Crippen molar-refractivity contribution in [2.24, 2.45) is 27.9 Å². The van der Waals surface area contributed by atoms with Gasteiger partial charge in [-0.15, -0.1) is 0 Å². The van der Waals surface area contributed by atoms with Crippen LogP contribution in [0.2, 0.25) is 0 Å². The normalized spacial score (nSPS) is 19.2. The largest absolute Gasteiger partial charge is 0.376 e. The van der Waals surface area contributed by atoms with Crippen LogP contribution in [0.1, 0.15) is 75.6 Å². The highest BCUT2D eigenvalue weighted by atomic mass is 32.2. The Hall–Kier alpha value is -6.31. The first-order chi connectivity index (χ1) is 35.0. The Morgan fingerprint density at radius 2 is 1.26 bits per heavy atom. The number of nitrogens with zero attached hydrogens (tertiary/aromatic N) is 5. The first-order valence-electron chi connectivity index (χ1n) is 25.2. The summed E-state index contributed by atoms with van der Waals surface area (Å²) >= 11 is 0. The summed E-state index contributed by atoms with van der Waals surface area (Å²) in [5.41, 5.74) is 14.0. The number of hydrogen-bond acceptors (Lipinski definition) is 12. The van der Waals surface area contributed by atoms with Gasteiger partial charge in [-0.3, -0.25) is 28.3 Å². The lowest BCUT2D eigenvalue weighted by Crippen LogP contribution is -2.61. The van der Waals surface area contributed by atoms with Gasteiger partial charge in [-0.25, -0.2) is 13.4 Å². The van der Waals surface area contributed by atoms with Crippen LogP contribution in [-0.2, 0) is 68.5 Å². The number of fused-ring (bicyclic) bond motifs is 3. The average molecular weight is 1030 g/mol. The zero-order chi connectivity index (χ0) is 53.5. The van der Waals surface area contributed by atoms with Crippen molar-refractivity contribution in [2.75, 3.05) is 63.5 Å². The number of sulfonamides is 1. The van der Waals surface area contributed by atoms with Crippen LogP contribution in [0.15, 0.2) is 120 Å². The number of hydrazone groups is 1. The average Bonchev–Trinajstić information content (AvgIpc) is 3.82. The monoisotopic (exact) mass is 1030 g/mol. The number of nitrogens with one attached hydrogen (secondary N) is 1. The molecule has 3 atom stereocenters. The number of rotatable bonds is 18. The Morgan fingerprint density at radius 1 is 0.716 bits per heavy atom. The maximum absolute atomic E-state index is 13.8. The molecule has 1 unspecified atom stereocenters. The van der Waals surface area contributed by atoms with Crippen molar-refractivity contribution in [2.45, 2.75) is 95.5 Å². The van der Waals surface area contributed by atoms with Crippen LogP contribution in [0.4, 0.5) is 5.69 Å². The number of likely N-dealkylation sites (tertiary alicyclic amines) is 2. The molecule has 4 aliphatic rings. The fraction of sp³-hybridized carbons (Fsp3) is 0.464. The van der Waals surface area contributed by atoms with E-state index in [-0.39, 0.29) is 55.1 Å². The predicted octanol–water partition coefficient (Wildman–Crippen LogP) is 4.57. The van der Waals surface area contributed by atoms with Gasteiger partial charge in [0.1, 0.15) is 11.5 Å². The summed E-state index contributed by atoms with van der Waals surface area (Å²) in [5.74, 6) is -1.82. The van der Waals surface area contributed by atoms with Gasteiger partial charge in [0.25, 0.3) is 5.91 Å². The Balaban J connectivity index is 0.000000216. The van der Waals surface area contributed by atoms with Gasteiger partial charge in [0.05, 0.1) is 61.1 Å². The summed E-state index contributed by atoms with van der Waals surface area (Å²) in [4.78, 5) is 69.8. The second-order valence-corrected chi connectivity index (χ2v) is 23.2. The molecule has 4 heterocycles. The van der Waals surface area contributed by atoms with E-state index in [2.05, 4.69) is 10.4 Å². The highest BCUT2D eigenvalue weighted by Gasteiger charge is 2.54. The number of ether oxygens (including phenoxy) is 2. The van der Waals surface area contributed by atoms with Gasteiger partial charge in [0, 0.05) is 58.0 Å². The van der Waals surface area contributed by atoms with E-state index in [1.807, 2.05) is 115 Å². The van der Waals surface area contributed by atoms with E-state index in [9.17, 15) is 32.4 Å². The second kappa shape index (κ2) is 23.1. The molecule has 74 heavy (non-hydrogen) atoms. The lowest BCUT2D eigenvalue weighted by molar-refractivity contribution is -0.144. The van der Waals surface area contributed by atoms with Gasteiger partial charge < -0.3 is 36.1 Å². The molecule has 0 aromatic heterocycles. The van der Waals surface area contributed by atoms with Crippen LogP contribution >= 0.6 is 0 Å². The van der Waals surface area contributed by atoms with Gasteiger partial charge in [-0.05, 0) is 75.3 Å². The number of ketones is 1. The molecule has 5 N–H and O–H groups in total. The van der Waals surface area contributed by atoms with Crippen molar-refractivity contribution in [1.29, 1.82) is 0 Å². The molecule has 0 radical (unpaired) electrons. The molecule has 2 fully saturated rings. The third-order valence-corrected chi connectivity index (χ3v) is 15.5. The van der Waals surface area contributed by atoms with Crippen LogP contribution in [0.3, 0.4) is 0 Å². The maximum Gasteiger partial charge on any atom is 0.256 e. The van der Waals surface area contributed by atoms with Crippen LogP contribution in [-0.4, -0.2) is 135 Å². The first kappa shape index (κ1) is 55.4. The molecule has 396 valence electrons. The third kappa shape index (κ3) is 13.1. The quantitative estimate of drug-likeness (QED) is 0.125. The summed E-state index contributed by atoms with van der Waals surface area (Å²) < 4.78 is 38.2. The van der Waals surface area contributed by atoms with Crippen LogP contribution in [0.25, 0.3) is 0 Å². The zero-order valence-electron chi connectivity index (χ0n) is 43.5. The SMILES string of the molecule is CC(C)(N)C(=O)CC(COCc1ccccc1)C(=O)N1CCC2(CC1)CN(S(C)(=O)=O)c1ccccc12.CN1N=C2CCN(C(=O)[C@@H](COCc3ccccc3)NC(=O)C(C)(C)N)C[C@@]2(Cc2ccccc2)C1=O.